The fraction of sp³-hybridized carbons (Fsp3) is 0.375. The van der Waals surface area contributed by atoms with Gasteiger partial charge in [-0.15, -0.1) is 0 Å². The first kappa shape index (κ1) is 18.6. The molecule has 0 amide bonds. The van der Waals surface area contributed by atoms with E-state index in [9.17, 15) is 5.26 Å². The highest BCUT2D eigenvalue weighted by Crippen LogP contribution is 2.26. The number of hydrogen-bond acceptors (Lipinski definition) is 4. The maximum Gasteiger partial charge on any atom is 0.101 e. The molecule has 3 heterocycles. The van der Waals surface area contributed by atoms with Crippen molar-refractivity contribution >= 4 is 10.9 Å². The number of benzene rings is 1. The molecule has 4 nitrogen and oxygen atoms in total. The first-order valence-electron chi connectivity index (χ1n) is 10.1. The minimum atomic E-state index is 0.606. The minimum absolute atomic E-state index is 0.606. The van der Waals surface area contributed by atoms with E-state index in [1.165, 1.54) is 24.9 Å². The zero-order valence-electron chi connectivity index (χ0n) is 16.9. The van der Waals surface area contributed by atoms with Gasteiger partial charge in [0, 0.05) is 29.2 Å². The summed E-state index contributed by atoms with van der Waals surface area (Å²) in [6.07, 6.45) is 3.73. The van der Waals surface area contributed by atoms with Gasteiger partial charge in [-0.25, -0.2) is 4.98 Å². The first-order chi connectivity index (χ1) is 13.5. The van der Waals surface area contributed by atoms with E-state index < -0.39 is 0 Å². The second-order valence-corrected chi connectivity index (χ2v) is 7.87. The number of aromatic nitrogens is 2. The lowest BCUT2D eigenvalue weighted by atomic mass is 10.0. The largest absolute Gasteiger partial charge is 0.300 e. The van der Waals surface area contributed by atoms with Crippen LogP contribution in [-0.4, -0.2) is 34.0 Å². The molecule has 1 fully saturated rings. The van der Waals surface area contributed by atoms with E-state index in [1.807, 2.05) is 26.0 Å². The van der Waals surface area contributed by atoms with Gasteiger partial charge in [-0.2, -0.15) is 5.26 Å². The molecule has 1 aliphatic rings. The van der Waals surface area contributed by atoms with Gasteiger partial charge >= 0.3 is 0 Å². The van der Waals surface area contributed by atoms with Gasteiger partial charge in [-0.05, 0) is 76.4 Å². The van der Waals surface area contributed by atoms with E-state index in [1.54, 1.807) is 0 Å². The third kappa shape index (κ3) is 3.63. The monoisotopic (exact) mass is 370 g/mol. The molecule has 1 aliphatic heterocycles. The number of pyridine rings is 2. The SMILES string of the molecule is Cc1nc(C)c(-c2ccc3cc(CCN4CCC[C@H]4C)ccc3n2)cc1C#N. The smallest absolute Gasteiger partial charge is 0.101 e. The van der Waals surface area contributed by atoms with Gasteiger partial charge in [0.2, 0.25) is 0 Å². The van der Waals surface area contributed by atoms with Gasteiger partial charge in [-0.1, -0.05) is 12.1 Å². The summed E-state index contributed by atoms with van der Waals surface area (Å²) in [5.41, 5.74) is 6.41. The van der Waals surface area contributed by atoms with Crippen molar-refractivity contribution in [2.45, 2.75) is 46.1 Å². The normalized spacial score (nSPS) is 17.1. The highest BCUT2D eigenvalue weighted by molar-refractivity contribution is 5.82. The Morgan fingerprint density at radius 1 is 1.11 bits per heavy atom. The molecule has 0 spiro atoms. The summed E-state index contributed by atoms with van der Waals surface area (Å²) >= 11 is 0. The third-order valence-corrected chi connectivity index (χ3v) is 5.93. The Bertz CT molecular complexity index is 1060. The van der Waals surface area contributed by atoms with Crippen LogP contribution in [0.1, 0.15) is 42.3 Å². The molecule has 4 heteroatoms. The van der Waals surface area contributed by atoms with Gasteiger partial charge in [0.15, 0.2) is 0 Å². The zero-order chi connectivity index (χ0) is 19.7. The lowest BCUT2D eigenvalue weighted by Gasteiger charge is -2.20. The summed E-state index contributed by atoms with van der Waals surface area (Å²) in [7, 11) is 0. The van der Waals surface area contributed by atoms with Crippen LogP contribution in [0.3, 0.4) is 0 Å². The molecular formula is C24H26N4. The second kappa shape index (κ2) is 7.69. The first-order valence-corrected chi connectivity index (χ1v) is 10.1. The highest BCUT2D eigenvalue weighted by atomic mass is 15.2. The summed E-state index contributed by atoms with van der Waals surface area (Å²) in [5, 5.41) is 10.5. The van der Waals surface area contributed by atoms with E-state index in [-0.39, 0.29) is 0 Å². The maximum absolute atomic E-state index is 9.31. The Morgan fingerprint density at radius 3 is 2.71 bits per heavy atom. The van der Waals surface area contributed by atoms with Gasteiger partial charge in [0.1, 0.15) is 6.07 Å². The molecule has 0 radical (unpaired) electrons. The molecule has 1 aromatic carbocycles. The van der Waals surface area contributed by atoms with Crippen molar-refractivity contribution in [1.82, 2.24) is 14.9 Å². The van der Waals surface area contributed by atoms with Crippen molar-refractivity contribution in [3.63, 3.8) is 0 Å². The Labute approximate surface area is 166 Å². The predicted octanol–water partition coefficient (Wildman–Crippen LogP) is 4.81. The molecule has 0 bridgehead atoms. The second-order valence-electron chi connectivity index (χ2n) is 7.87. The van der Waals surface area contributed by atoms with Gasteiger partial charge < -0.3 is 4.90 Å². The Hall–Kier alpha value is -2.77. The zero-order valence-corrected chi connectivity index (χ0v) is 16.9. The molecule has 2 aromatic heterocycles. The summed E-state index contributed by atoms with van der Waals surface area (Å²) in [6.45, 7) is 8.53. The van der Waals surface area contributed by atoms with Crippen LogP contribution in [0.15, 0.2) is 36.4 Å². The fourth-order valence-corrected chi connectivity index (χ4v) is 4.18. The summed E-state index contributed by atoms with van der Waals surface area (Å²) in [4.78, 5) is 11.9. The number of likely N-dealkylation sites (tertiary alicyclic amines) is 1. The van der Waals surface area contributed by atoms with Gasteiger partial charge in [0.25, 0.3) is 0 Å². The van der Waals surface area contributed by atoms with E-state index in [2.05, 4.69) is 47.1 Å². The van der Waals surface area contributed by atoms with Crippen LogP contribution < -0.4 is 0 Å². The number of hydrogen-bond donors (Lipinski definition) is 0. The number of aryl methyl sites for hydroxylation is 2. The Morgan fingerprint density at radius 2 is 1.96 bits per heavy atom. The molecule has 1 atom stereocenters. The fourth-order valence-electron chi connectivity index (χ4n) is 4.18. The van der Waals surface area contributed by atoms with Crippen LogP contribution in [0, 0.1) is 25.2 Å². The standard InChI is InChI=1S/C24H26N4/c1-16-5-4-11-28(16)12-10-19-6-8-23-20(13-19)7-9-24(27-23)22-14-21(15-25)17(2)26-18(22)3/h6-9,13-14,16H,4-5,10-12H2,1-3H3/t16-/m1/s1. The Kier molecular flexibility index (Phi) is 5.11. The van der Waals surface area contributed by atoms with Crippen molar-refractivity contribution in [3.8, 4) is 17.3 Å². The van der Waals surface area contributed by atoms with Gasteiger partial charge in [-0.3, -0.25) is 4.98 Å². The van der Waals surface area contributed by atoms with Crippen molar-refractivity contribution in [1.29, 1.82) is 5.26 Å². The molecule has 142 valence electrons. The summed E-state index contributed by atoms with van der Waals surface area (Å²) < 4.78 is 0. The number of nitriles is 1. The van der Waals surface area contributed by atoms with Crippen LogP contribution in [0.25, 0.3) is 22.2 Å². The number of fused-ring (bicyclic) bond motifs is 1. The third-order valence-electron chi connectivity index (χ3n) is 5.93. The van der Waals surface area contributed by atoms with Crippen LogP contribution >= 0.6 is 0 Å². The van der Waals surface area contributed by atoms with Crippen LogP contribution in [0.4, 0.5) is 0 Å². The number of rotatable bonds is 4. The lowest BCUT2D eigenvalue weighted by molar-refractivity contribution is 0.272. The lowest BCUT2D eigenvalue weighted by Crippen LogP contribution is -2.28. The van der Waals surface area contributed by atoms with Crippen molar-refractivity contribution < 1.29 is 0 Å². The number of nitrogens with zero attached hydrogens (tertiary/aromatic N) is 4. The van der Waals surface area contributed by atoms with E-state index in [4.69, 9.17) is 4.98 Å². The van der Waals surface area contributed by atoms with Crippen LogP contribution in [-0.2, 0) is 6.42 Å². The van der Waals surface area contributed by atoms with Crippen LogP contribution in [0.2, 0.25) is 0 Å². The molecule has 3 aromatic rings. The molecule has 1 saturated heterocycles. The predicted molar refractivity (Wildman–Crippen MR) is 113 cm³/mol. The van der Waals surface area contributed by atoms with Crippen LogP contribution in [0.5, 0.6) is 0 Å². The van der Waals surface area contributed by atoms with Crippen molar-refractivity contribution in [2.24, 2.45) is 0 Å². The molecular weight excluding hydrogens is 344 g/mol. The van der Waals surface area contributed by atoms with E-state index in [0.29, 0.717) is 11.6 Å². The maximum atomic E-state index is 9.31. The average molecular weight is 370 g/mol. The Balaban J connectivity index is 1.59. The topological polar surface area (TPSA) is 52.8 Å². The molecule has 28 heavy (non-hydrogen) atoms. The van der Waals surface area contributed by atoms with Crippen molar-refractivity contribution in [2.75, 3.05) is 13.1 Å². The summed E-state index contributed by atoms with van der Waals surface area (Å²) in [6, 6.07) is 15.6. The molecule has 4 rings (SSSR count). The van der Waals surface area contributed by atoms with Gasteiger partial charge in [0.05, 0.1) is 22.5 Å². The summed E-state index contributed by atoms with van der Waals surface area (Å²) in [5.74, 6) is 0. The highest BCUT2D eigenvalue weighted by Gasteiger charge is 2.19. The quantitative estimate of drug-likeness (QED) is 0.661. The van der Waals surface area contributed by atoms with E-state index in [0.717, 1.165) is 46.5 Å². The molecule has 0 unspecified atom stereocenters. The average Bonchev–Trinajstić information content (AvgIpc) is 3.11. The van der Waals surface area contributed by atoms with Crippen molar-refractivity contribution in [3.05, 3.63) is 58.9 Å². The molecule has 0 N–H and O–H groups in total. The minimum Gasteiger partial charge on any atom is -0.300 e. The molecule has 0 saturated carbocycles. The van der Waals surface area contributed by atoms with E-state index >= 15 is 0 Å². The molecule has 0 aliphatic carbocycles.